The van der Waals surface area contributed by atoms with Crippen LogP contribution in [0.4, 0.5) is 0 Å². The van der Waals surface area contributed by atoms with Gasteiger partial charge in [-0.1, -0.05) is 6.92 Å². The molecule has 0 saturated heterocycles. The normalized spacial score (nSPS) is 25.3. The van der Waals surface area contributed by atoms with Crippen molar-refractivity contribution < 1.29 is 24.9 Å². The minimum atomic E-state index is -0.954. The maximum absolute atomic E-state index is 11.6. The molecule has 1 aliphatic carbocycles. The zero-order chi connectivity index (χ0) is 20.5. The average Bonchev–Trinajstić information content (AvgIpc) is 2.89. The van der Waals surface area contributed by atoms with E-state index in [2.05, 4.69) is 4.74 Å². The van der Waals surface area contributed by atoms with Crippen LogP contribution in [0.3, 0.4) is 0 Å². The number of halogens is 1. The number of aliphatic hydroxyl groups excluding tert-OH is 2. The van der Waals surface area contributed by atoms with Gasteiger partial charge in [0.2, 0.25) is 0 Å². The van der Waals surface area contributed by atoms with Gasteiger partial charge in [-0.15, -0.1) is 11.6 Å². The molecule has 0 aromatic heterocycles. The van der Waals surface area contributed by atoms with Crippen molar-refractivity contribution in [3.8, 4) is 5.75 Å². The second-order valence-electron chi connectivity index (χ2n) is 7.25. The van der Waals surface area contributed by atoms with Crippen LogP contribution < -0.4 is 5.73 Å². The predicted octanol–water partition coefficient (Wildman–Crippen LogP) is 2.11. The van der Waals surface area contributed by atoms with Gasteiger partial charge >= 0.3 is 5.97 Å². The maximum Gasteiger partial charge on any atom is 0.323 e. The molecule has 1 aromatic carbocycles. The van der Waals surface area contributed by atoms with Crippen LogP contribution in [0.5, 0.6) is 5.75 Å². The number of phenolic OH excluding ortho intramolecular Hbond substituents is 1. The molecule has 1 aliphatic rings. The van der Waals surface area contributed by atoms with Crippen LogP contribution in [0.25, 0.3) is 0 Å². The fourth-order valence-electron chi connectivity index (χ4n) is 3.87. The highest BCUT2D eigenvalue weighted by Gasteiger charge is 2.52. The minimum Gasteiger partial charge on any atom is -0.507 e. The molecule has 0 fully saturated rings. The van der Waals surface area contributed by atoms with E-state index in [0.29, 0.717) is 23.4 Å². The monoisotopic (exact) mass is 417 g/mol. The molecule has 6 nitrogen and oxygen atoms in total. The highest BCUT2D eigenvalue weighted by molar-refractivity contribution is 7.99. The fraction of sp³-hybridized carbons (Fsp3) is 0.632. The van der Waals surface area contributed by atoms with Crippen LogP contribution in [-0.2, 0) is 16.0 Å². The number of aromatic hydroxyl groups is 1. The molecule has 0 saturated carbocycles. The second-order valence-corrected chi connectivity index (χ2v) is 8.77. The zero-order valence-electron chi connectivity index (χ0n) is 16.1. The number of esters is 1. The topological polar surface area (TPSA) is 113 Å². The van der Waals surface area contributed by atoms with Crippen molar-refractivity contribution in [2.75, 3.05) is 25.3 Å². The summed E-state index contributed by atoms with van der Waals surface area (Å²) >= 11 is 7.25. The molecule has 0 bridgehead atoms. The Labute approximate surface area is 169 Å². The Morgan fingerprint density at radius 1 is 1.37 bits per heavy atom. The zero-order valence-corrected chi connectivity index (χ0v) is 17.7. The minimum absolute atomic E-state index is 0.107. The van der Waals surface area contributed by atoms with E-state index in [0.717, 1.165) is 16.7 Å². The van der Waals surface area contributed by atoms with E-state index in [1.165, 1.54) is 18.9 Å². The number of aliphatic hydroxyl groups is 2. The molecule has 27 heavy (non-hydrogen) atoms. The van der Waals surface area contributed by atoms with Crippen molar-refractivity contribution in [2.45, 2.75) is 44.6 Å². The van der Waals surface area contributed by atoms with E-state index in [1.54, 1.807) is 6.92 Å². The quantitative estimate of drug-likeness (QED) is 0.397. The van der Waals surface area contributed by atoms with Crippen LogP contribution in [0.1, 0.15) is 46.1 Å². The number of nitrogens with two attached hydrogens (primary N) is 1. The third-order valence-electron chi connectivity index (χ3n) is 5.60. The molecule has 0 spiro atoms. The van der Waals surface area contributed by atoms with Crippen molar-refractivity contribution >= 4 is 29.3 Å². The Hall–Kier alpha value is -0.990. The highest BCUT2D eigenvalue weighted by atomic mass is 35.5. The Kier molecular flexibility index (Phi) is 7.08. The van der Waals surface area contributed by atoms with E-state index in [4.69, 9.17) is 17.3 Å². The van der Waals surface area contributed by atoms with Crippen LogP contribution in [0.15, 0.2) is 0 Å². The van der Waals surface area contributed by atoms with Gasteiger partial charge in [-0.3, -0.25) is 4.79 Å². The molecule has 1 aromatic rings. The summed E-state index contributed by atoms with van der Waals surface area (Å²) in [4.78, 5) is 11.6. The number of hydrogen-bond donors (Lipinski definition) is 4. The van der Waals surface area contributed by atoms with Gasteiger partial charge in [-0.2, -0.15) is 11.8 Å². The smallest absolute Gasteiger partial charge is 0.323 e. The summed E-state index contributed by atoms with van der Waals surface area (Å²) in [7, 11) is 1.27. The number of methoxy groups -OCH3 is 1. The summed E-state index contributed by atoms with van der Waals surface area (Å²) in [5.74, 6) is 0.219. The lowest BCUT2D eigenvalue weighted by Gasteiger charge is -2.33. The SMILES string of the molecule is COC(=O)[C@@H](N)CS[C@@H]1c2c(O)c(C)c(CCCl)c(C)c2[C@@H](O)[C@]1(C)CO. The molecule has 0 amide bonds. The van der Waals surface area contributed by atoms with E-state index in [1.807, 2.05) is 13.8 Å². The van der Waals surface area contributed by atoms with Gasteiger partial charge in [-0.25, -0.2) is 0 Å². The van der Waals surface area contributed by atoms with Gasteiger partial charge in [0.1, 0.15) is 11.8 Å². The lowest BCUT2D eigenvalue weighted by molar-refractivity contribution is -0.141. The summed E-state index contributed by atoms with van der Waals surface area (Å²) in [5.41, 5.74) is 8.70. The van der Waals surface area contributed by atoms with Crippen molar-refractivity contribution in [3.05, 3.63) is 27.8 Å². The summed E-state index contributed by atoms with van der Waals surface area (Å²) in [6.07, 6.45) is -0.377. The number of thioether (sulfide) groups is 1. The van der Waals surface area contributed by atoms with E-state index < -0.39 is 28.8 Å². The number of hydrogen-bond acceptors (Lipinski definition) is 7. The van der Waals surface area contributed by atoms with Crippen molar-refractivity contribution in [1.82, 2.24) is 0 Å². The van der Waals surface area contributed by atoms with Gasteiger partial charge in [0.25, 0.3) is 0 Å². The standard InChI is InChI=1S/C19H28ClNO5S/c1-9-11(5-6-20)10(2)15(23)14-13(9)16(24)19(3,8-22)17(14)27-7-12(21)18(25)26-4/h12,16-17,22-24H,5-8,21H2,1-4H3/t12-,16+,17+,19-/m0/s1. The molecule has 0 heterocycles. The summed E-state index contributed by atoms with van der Waals surface area (Å²) in [6.45, 7) is 5.22. The first-order valence-electron chi connectivity index (χ1n) is 8.80. The molecule has 152 valence electrons. The Morgan fingerprint density at radius 2 is 2.00 bits per heavy atom. The number of rotatable bonds is 7. The molecule has 0 radical (unpaired) electrons. The maximum atomic E-state index is 11.6. The first-order valence-corrected chi connectivity index (χ1v) is 10.4. The first-order chi connectivity index (χ1) is 12.6. The number of fused-ring (bicyclic) bond motifs is 1. The third kappa shape index (κ3) is 3.68. The van der Waals surface area contributed by atoms with Gasteiger partial charge in [0, 0.05) is 27.9 Å². The number of alkyl halides is 1. The Balaban J connectivity index is 2.55. The Bertz CT molecular complexity index is 729. The third-order valence-corrected chi connectivity index (χ3v) is 7.45. The van der Waals surface area contributed by atoms with E-state index >= 15 is 0 Å². The lowest BCUT2D eigenvalue weighted by Crippen LogP contribution is -2.35. The second kappa shape index (κ2) is 8.57. The average molecular weight is 418 g/mol. The fourth-order valence-corrected chi connectivity index (χ4v) is 5.59. The Morgan fingerprint density at radius 3 is 2.52 bits per heavy atom. The van der Waals surface area contributed by atoms with Gasteiger partial charge in [0.05, 0.1) is 19.8 Å². The van der Waals surface area contributed by atoms with E-state index in [9.17, 15) is 20.1 Å². The molecular formula is C19H28ClNO5S. The van der Waals surface area contributed by atoms with Crippen LogP contribution in [0.2, 0.25) is 0 Å². The van der Waals surface area contributed by atoms with Crippen LogP contribution in [-0.4, -0.2) is 52.7 Å². The molecule has 4 atom stereocenters. The summed E-state index contributed by atoms with van der Waals surface area (Å²) in [5, 5.41) is 31.6. The molecular weight excluding hydrogens is 390 g/mol. The van der Waals surface area contributed by atoms with Gasteiger partial charge in [0.15, 0.2) is 0 Å². The molecule has 2 rings (SSSR count). The summed E-state index contributed by atoms with van der Waals surface area (Å²) < 4.78 is 4.66. The predicted molar refractivity (Wildman–Crippen MR) is 107 cm³/mol. The highest BCUT2D eigenvalue weighted by Crippen LogP contribution is 2.62. The van der Waals surface area contributed by atoms with Crippen LogP contribution in [0, 0.1) is 19.3 Å². The molecule has 5 N–H and O–H groups in total. The summed E-state index contributed by atoms with van der Waals surface area (Å²) in [6, 6.07) is -0.830. The van der Waals surface area contributed by atoms with Crippen LogP contribution >= 0.6 is 23.4 Å². The largest absolute Gasteiger partial charge is 0.507 e. The van der Waals surface area contributed by atoms with Crippen molar-refractivity contribution in [1.29, 1.82) is 0 Å². The molecule has 8 heteroatoms. The van der Waals surface area contributed by atoms with Gasteiger partial charge < -0.3 is 25.8 Å². The molecule has 0 unspecified atom stereocenters. The number of carbonyl (C=O) groups is 1. The molecule has 0 aliphatic heterocycles. The number of carbonyl (C=O) groups excluding carboxylic acids is 1. The first kappa shape index (κ1) is 22.3. The number of ether oxygens (including phenoxy) is 1. The van der Waals surface area contributed by atoms with Crippen molar-refractivity contribution in [3.63, 3.8) is 0 Å². The van der Waals surface area contributed by atoms with E-state index in [-0.39, 0.29) is 18.1 Å². The number of benzene rings is 1. The lowest BCUT2D eigenvalue weighted by atomic mass is 9.84. The number of phenols is 1. The van der Waals surface area contributed by atoms with Gasteiger partial charge in [-0.05, 0) is 42.5 Å². The van der Waals surface area contributed by atoms with Crippen molar-refractivity contribution in [2.24, 2.45) is 11.1 Å².